The quantitative estimate of drug-likeness (QED) is 0.115. The van der Waals surface area contributed by atoms with Crippen molar-refractivity contribution in [3.8, 4) is 0 Å². The lowest BCUT2D eigenvalue weighted by Gasteiger charge is -2.36. The van der Waals surface area contributed by atoms with Crippen molar-refractivity contribution >= 4 is 29.2 Å². The Morgan fingerprint density at radius 3 is 2.27 bits per heavy atom. The number of nitrogens with zero attached hydrogens (tertiary/aromatic N) is 2. The number of benzene rings is 1. The van der Waals surface area contributed by atoms with Crippen LogP contribution in [0.5, 0.6) is 0 Å². The number of aromatic nitrogens is 1. The lowest BCUT2D eigenvalue weighted by Crippen LogP contribution is -2.39. The lowest BCUT2D eigenvalue weighted by molar-refractivity contribution is -0.143. The summed E-state index contributed by atoms with van der Waals surface area (Å²) >= 11 is 0. The SMILES string of the molecule is CCCC1=C([C@H](O)CC/C(=C/c2ccc(CO)o2)c2ccccn2)[C@H](CO)[C@@H]2C(=O)N(c3cc(C(F)(F)F)cc(C(F)(F)F)c3)C(=O)[C@@H]2C1. The highest BCUT2D eigenvalue weighted by Gasteiger charge is 2.55. The minimum absolute atomic E-state index is 0.0627. The van der Waals surface area contributed by atoms with Crippen molar-refractivity contribution in [1.29, 1.82) is 0 Å². The minimum Gasteiger partial charge on any atom is -0.459 e. The van der Waals surface area contributed by atoms with E-state index in [1.165, 1.54) is 0 Å². The molecule has 3 heterocycles. The summed E-state index contributed by atoms with van der Waals surface area (Å²) in [5.74, 6) is -4.85. The van der Waals surface area contributed by atoms with Gasteiger partial charge in [-0.25, -0.2) is 4.90 Å². The zero-order chi connectivity index (χ0) is 35.7. The summed E-state index contributed by atoms with van der Waals surface area (Å²) in [5.41, 5.74) is -2.05. The number of rotatable bonds is 11. The number of aliphatic hydroxyl groups is 3. The molecule has 14 heteroatoms. The Morgan fingerprint density at radius 2 is 1.71 bits per heavy atom. The fourth-order valence-corrected chi connectivity index (χ4v) is 6.82. The first kappa shape index (κ1) is 36.0. The number of carbonyl (C=O) groups excluding carboxylic acids is 2. The molecule has 0 bridgehead atoms. The molecule has 3 N–H and O–H groups in total. The van der Waals surface area contributed by atoms with Crippen LogP contribution in [-0.4, -0.2) is 44.8 Å². The average molecular weight is 693 g/mol. The van der Waals surface area contributed by atoms with Gasteiger partial charge in [0, 0.05) is 12.1 Å². The number of pyridine rings is 1. The highest BCUT2D eigenvalue weighted by molar-refractivity contribution is 6.22. The molecule has 5 rings (SSSR count). The molecular formula is C35H34F6N2O6. The topological polar surface area (TPSA) is 124 Å². The van der Waals surface area contributed by atoms with Gasteiger partial charge in [0.2, 0.25) is 11.8 Å². The Hall–Kier alpha value is -4.27. The van der Waals surface area contributed by atoms with Crippen molar-refractivity contribution in [2.75, 3.05) is 11.5 Å². The van der Waals surface area contributed by atoms with E-state index in [2.05, 4.69) is 4.98 Å². The van der Waals surface area contributed by atoms with Gasteiger partial charge in [-0.1, -0.05) is 25.0 Å². The number of furan rings is 1. The Morgan fingerprint density at radius 1 is 1.02 bits per heavy atom. The van der Waals surface area contributed by atoms with Crippen molar-refractivity contribution in [2.45, 2.75) is 64.1 Å². The van der Waals surface area contributed by atoms with Gasteiger partial charge in [-0.15, -0.1) is 0 Å². The number of halogens is 6. The molecule has 0 unspecified atom stereocenters. The van der Waals surface area contributed by atoms with Crippen LogP contribution >= 0.6 is 0 Å². The largest absolute Gasteiger partial charge is 0.459 e. The maximum atomic E-state index is 13.8. The lowest BCUT2D eigenvalue weighted by atomic mass is 9.67. The fraction of sp³-hybridized carbons (Fsp3) is 0.400. The van der Waals surface area contributed by atoms with Crippen LogP contribution in [-0.2, 0) is 28.5 Å². The van der Waals surface area contributed by atoms with Gasteiger partial charge in [0.05, 0.1) is 47.1 Å². The van der Waals surface area contributed by atoms with E-state index in [-0.39, 0.29) is 31.9 Å². The Bertz CT molecular complexity index is 1710. The van der Waals surface area contributed by atoms with Crippen LogP contribution in [0.1, 0.15) is 67.4 Å². The van der Waals surface area contributed by atoms with E-state index in [4.69, 9.17) is 4.42 Å². The number of amides is 2. The molecule has 262 valence electrons. The summed E-state index contributed by atoms with van der Waals surface area (Å²) in [6, 6.07) is 9.11. The van der Waals surface area contributed by atoms with E-state index in [0.717, 1.165) is 0 Å². The van der Waals surface area contributed by atoms with Crippen molar-refractivity contribution < 1.29 is 55.7 Å². The van der Waals surface area contributed by atoms with Crippen molar-refractivity contribution in [3.63, 3.8) is 0 Å². The van der Waals surface area contributed by atoms with Crippen LogP contribution in [0.3, 0.4) is 0 Å². The van der Waals surface area contributed by atoms with Crippen LogP contribution in [0, 0.1) is 17.8 Å². The smallest absolute Gasteiger partial charge is 0.416 e. The van der Waals surface area contributed by atoms with Gasteiger partial charge in [0.15, 0.2) is 0 Å². The Labute approximate surface area is 277 Å². The summed E-state index contributed by atoms with van der Waals surface area (Å²) in [7, 11) is 0. The van der Waals surface area contributed by atoms with E-state index < -0.39 is 71.4 Å². The maximum absolute atomic E-state index is 13.8. The first-order chi connectivity index (χ1) is 23.2. The molecule has 1 aromatic carbocycles. The molecule has 1 fully saturated rings. The predicted molar refractivity (Wildman–Crippen MR) is 165 cm³/mol. The van der Waals surface area contributed by atoms with Gasteiger partial charge in [-0.2, -0.15) is 26.3 Å². The number of hydrogen-bond donors (Lipinski definition) is 3. The highest BCUT2D eigenvalue weighted by Crippen LogP contribution is 2.49. The fourth-order valence-electron chi connectivity index (χ4n) is 6.82. The third-order valence-electron chi connectivity index (χ3n) is 8.96. The van der Waals surface area contributed by atoms with E-state index in [9.17, 15) is 51.3 Å². The normalized spacial score (nSPS) is 21.1. The second-order valence-corrected chi connectivity index (χ2v) is 12.1. The summed E-state index contributed by atoms with van der Waals surface area (Å²) in [4.78, 5) is 32.2. The molecular weight excluding hydrogens is 658 g/mol. The molecule has 2 amide bonds. The first-order valence-electron chi connectivity index (χ1n) is 15.7. The van der Waals surface area contributed by atoms with Crippen molar-refractivity contribution in [2.24, 2.45) is 17.8 Å². The standard InChI is InChI=1S/C35H34F6N2O6/c1-2-5-20-13-26-31(33(48)43(32(26)47)23-15-21(34(36,37)38)14-22(16-23)35(39,40)41)27(18-45)30(20)29(46)10-7-19(28-6-3-4-11-42-28)12-24-8-9-25(17-44)49-24/h3-4,6,8-9,11-12,14-16,26-27,29,31,44-46H,2,5,7,10,13,17-18H2,1H3/b19-12-/t26-,27+,29-,31-/m1/s1. The number of imide groups is 1. The summed E-state index contributed by atoms with van der Waals surface area (Å²) in [5, 5.41) is 31.6. The molecule has 3 aromatic rings. The number of anilines is 1. The van der Waals surface area contributed by atoms with E-state index in [1.54, 1.807) is 42.6 Å². The molecule has 0 saturated carbocycles. The number of allylic oxidation sites excluding steroid dienone is 2. The molecule has 2 aromatic heterocycles. The van der Waals surface area contributed by atoms with Crippen LogP contribution in [0.25, 0.3) is 11.6 Å². The zero-order valence-corrected chi connectivity index (χ0v) is 26.3. The Kier molecular flexibility index (Phi) is 10.5. The molecule has 1 aliphatic heterocycles. The number of alkyl halides is 6. The van der Waals surface area contributed by atoms with Gasteiger partial charge in [0.25, 0.3) is 0 Å². The third kappa shape index (κ3) is 7.51. The molecule has 8 nitrogen and oxygen atoms in total. The van der Waals surface area contributed by atoms with Crippen molar-refractivity contribution in [3.05, 3.63) is 94.2 Å². The van der Waals surface area contributed by atoms with Gasteiger partial charge >= 0.3 is 12.4 Å². The predicted octanol–water partition coefficient (Wildman–Crippen LogP) is 6.80. The monoisotopic (exact) mass is 692 g/mol. The van der Waals surface area contributed by atoms with Crippen LogP contribution < -0.4 is 4.90 Å². The molecule has 1 saturated heterocycles. The Balaban J connectivity index is 1.48. The highest BCUT2D eigenvalue weighted by atomic mass is 19.4. The van der Waals surface area contributed by atoms with E-state index >= 15 is 0 Å². The molecule has 0 spiro atoms. The van der Waals surface area contributed by atoms with Gasteiger partial charge in [-0.3, -0.25) is 14.6 Å². The number of aliphatic hydroxyl groups excluding tert-OH is 3. The maximum Gasteiger partial charge on any atom is 0.416 e. The molecule has 4 atom stereocenters. The van der Waals surface area contributed by atoms with E-state index in [1.807, 2.05) is 6.92 Å². The summed E-state index contributed by atoms with van der Waals surface area (Å²) in [6.07, 6.45) is -7.18. The molecule has 2 aliphatic rings. The summed E-state index contributed by atoms with van der Waals surface area (Å²) in [6.45, 7) is 0.835. The second-order valence-electron chi connectivity index (χ2n) is 12.1. The number of hydrogen-bond acceptors (Lipinski definition) is 7. The van der Waals surface area contributed by atoms with Crippen molar-refractivity contribution in [1.82, 2.24) is 4.98 Å². The van der Waals surface area contributed by atoms with Gasteiger partial charge in [-0.05, 0) is 85.4 Å². The third-order valence-corrected chi connectivity index (χ3v) is 8.96. The van der Waals surface area contributed by atoms with Crippen LogP contribution in [0.2, 0.25) is 0 Å². The van der Waals surface area contributed by atoms with Gasteiger partial charge < -0.3 is 19.7 Å². The zero-order valence-electron chi connectivity index (χ0n) is 26.3. The molecule has 49 heavy (non-hydrogen) atoms. The van der Waals surface area contributed by atoms with Gasteiger partial charge in [0.1, 0.15) is 18.1 Å². The minimum atomic E-state index is -5.20. The van der Waals surface area contributed by atoms with E-state index in [0.29, 0.717) is 63.8 Å². The van der Waals surface area contributed by atoms with Crippen LogP contribution in [0.15, 0.2) is 70.3 Å². The first-order valence-corrected chi connectivity index (χ1v) is 15.7. The average Bonchev–Trinajstić information content (AvgIpc) is 3.62. The number of carbonyl (C=O) groups is 2. The second kappa shape index (κ2) is 14.3. The molecule has 0 radical (unpaired) electrons. The molecule has 1 aliphatic carbocycles. The van der Waals surface area contributed by atoms with Crippen LogP contribution in [0.4, 0.5) is 32.0 Å². The number of fused-ring (bicyclic) bond motifs is 1. The summed E-state index contributed by atoms with van der Waals surface area (Å²) < 4.78 is 87.4.